The molecule has 0 saturated carbocycles. The number of anilines is 1. The van der Waals surface area contributed by atoms with Crippen LogP contribution in [0, 0.1) is 0 Å². The highest BCUT2D eigenvalue weighted by Crippen LogP contribution is 2.23. The van der Waals surface area contributed by atoms with Gasteiger partial charge in [0, 0.05) is 17.7 Å². The predicted molar refractivity (Wildman–Crippen MR) is 118 cm³/mol. The van der Waals surface area contributed by atoms with Crippen LogP contribution in [0.4, 0.5) is 5.69 Å². The quantitative estimate of drug-likeness (QED) is 0.423. The Labute approximate surface area is 175 Å². The molecule has 0 aliphatic rings. The molecule has 30 heavy (non-hydrogen) atoms. The van der Waals surface area contributed by atoms with Crippen LogP contribution >= 0.6 is 0 Å². The van der Waals surface area contributed by atoms with Crippen molar-refractivity contribution in [2.24, 2.45) is 0 Å². The Morgan fingerprint density at radius 2 is 1.90 bits per heavy atom. The average molecular weight is 400 g/mol. The molecule has 0 bridgehead atoms. The van der Waals surface area contributed by atoms with E-state index >= 15 is 0 Å². The van der Waals surface area contributed by atoms with Crippen LogP contribution in [-0.4, -0.2) is 17.0 Å². The van der Waals surface area contributed by atoms with Crippen LogP contribution in [0.25, 0.3) is 11.1 Å². The van der Waals surface area contributed by atoms with Gasteiger partial charge in [0.05, 0.1) is 6.10 Å². The first kappa shape index (κ1) is 19.7. The maximum Gasteiger partial charge on any atom is 0.255 e. The van der Waals surface area contributed by atoms with E-state index in [1.807, 2.05) is 67.6 Å². The van der Waals surface area contributed by atoms with Crippen molar-refractivity contribution in [3.05, 3.63) is 89.8 Å². The van der Waals surface area contributed by atoms with E-state index in [9.17, 15) is 4.79 Å². The van der Waals surface area contributed by atoms with E-state index in [1.165, 1.54) is 0 Å². The fourth-order valence-electron chi connectivity index (χ4n) is 3.13. The maximum absolute atomic E-state index is 12.7. The van der Waals surface area contributed by atoms with Crippen molar-refractivity contribution in [3.63, 3.8) is 0 Å². The second kappa shape index (κ2) is 8.82. The number of fused-ring (bicyclic) bond motifs is 1. The summed E-state index contributed by atoms with van der Waals surface area (Å²) in [7, 11) is 0. The topological polar surface area (TPSA) is 64.4 Å². The lowest BCUT2D eigenvalue weighted by molar-refractivity contribution is 0.102. The number of aromatic nitrogens is 1. The standard InChI is InChI=1S/C25H24N2O3/c1-3-17(2)29-21-11-7-10-19(15-21)25(28)26-20-12-13-23-22(16-20)27-24(30-23)14-18-8-5-4-6-9-18/h4-13,15-17H,3,14H2,1-2H3,(H,26,28)/t17-/m0/s1. The summed E-state index contributed by atoms with van der Waals surface area (Å²) in [6.45, 7) is 4.07. The number of benzene rings is 3. The monoisotopic (exact) mass is 400 g/mol. The summed E-state index contributed by atoms with van der Waals surface area (Å²) in [6.07, 6.45) is 1.63. The number of nitrogens with zero attached hydrogens (tertiary/aromatic N) is 1. The normalized spacial score (nSPS) is 11.9. The van der Waals surface area contributed by atoms with Crippen LogP contribution in [0.15, 0.2) is 77.2 Å². The van der Waals surface area contributed by atoms with Gasteiger partial charge in [-0.05, 0) is 55.3 Å². The van der Waals surface area contributed by atoms with Gasteiger partial charge < -0.3 is 14.5 Å². The van der Waals surface area contributed by atoms with Crippen molar-refractivity contribution in [1.82, 2.24) is 4.98 Å². The molecular formula is C25H24N2O3. The van der Waals surface area contributed by atoms with Crippen LogP contribution < -0.4 is 10.1 Å². The lowest BCUT2D eigenvalue weighted by Gasteiger charge is -2.13. The Morgan fingerprint density at radius 1 is 1.07 bits per heavy atom. The molecule has 4 rings (SSSR count). The molecule has 0 radical (unpaired) electrons. The van der Waals surface area contributed by atoms with Crippen molar-refractivity contribution in [2.75, 3.05) is 5.32 Å². The van der Waals surface area contributed by atoms with E-state index in [2.05, 4.69) is 17.2 Å². The van der Waals surface area contributed by atoms with Crippen molar-refractivity contribution in [2.45, 2.75) is 32.8 Å². The van der Waals surface area contributed by atoms with Gasteiger partial charge in [0.2, 0.25) is 0 Å². The minimum absolute atomic E-state index is 0.1000. The molecule has 1 amide bonds. The first-order chi connectivity index (χ1) is 14.6. The zero-order chi connectivity index (χ0) is 20.9. The Hall–Kier alpha value is -3.60. The molecule has 0 spiro atoms. The number of rotatable bonds is 7. The van der Waals surface area contributed by atoms with Gasteiger partial charge in [-0.15, -0.1) is 0 Å². The van der Waals surface area contributed by atoms with Gasteiger partial charge in [-0.25, -0.2) is 4.98 Å². The second-order valence-corrected chi connectivity index (χ2v) is 7.27. The molecule has 0 fully saturated rings. The lowest BCUT2D eigenvalue weighted by atomic mass is 10.1. The Morgan fingerprint density at radius 3 is 2.70 bits per heavy atom. The van der Waals surface area contributed by atoms with Gasteiger partial charge >= 0.3 is 0 Å². The largest absolute Gasteiger partial charge is 0.491 e. The number of hydrogen-bond donors (Lipinski definition) is 1. The molecule has 0 unspecified atom stereocenters. The molecule has 5 nitrogen and oxygen atoms in total. The first-order valence-corrected chi connectivity index (χ1v) is 10.1. The third-order valence-corrected chi connectivity index (χ3v) is 4.90. The third-order valence-electron chi connectivity index (χ3n) is 4.90. The molecule has 1 atom stereocenters. The van der Waals surface area contributed by atoms with E-state index in [0.29, 0.717) is 40.4 Å². The highest BCUT2D eigenvalue weighted by Gasteiger charge is 2.11. The van der Waals surface area contributed by atoms with Crippen molar-refractivity contribution >= 4 is 22.7 Å². The Kier molecular flexibility index (Phi) is 5.80. The summed E-state index contributed by atoms with van der Waals surface area (Å²) >= 11 is 0. The number of carbonyl (C=O) groups excluding carboxylic acids is 1. The predicted octanol–water partition coefficient (Wildman–Crippen LogP) is 5.85. The van der Waals surface area contributed by atoms with Gasteiger partial charge in [0.1, 0.15) is 11.3 Å². The van der Waals surface area contributed by atoms with Crippen LogP contribution in [-0.2, 0) is 6.42 Å². The SMILES string of the molecule is CC[C@H](C)Oc1cccc(C(=O)Nc2ccc3oc(Cc4ccccc4)nc3c2)c1. The minimum Gasteiger partial charge on any atom is -0.491 e. The molecule has 0 aliphatic heterocycles. The summed E-state index contributed by atoms with van der Waals surface area (Å²) in [5.74, 6) is 1.14. The van der Waals surface area contributed by atoms with Crippen molar-refractivity contribution in [1.29, 1.82) is 0 Å². The molecule has 1 N–H and O–H groups in total. The molecule has 3 aromatic carbocycles. The van der Waals surface area contributed by atoms with Gasteiger partial charge in [-0.3, -0.25) is 4.79 Å². The number of carbonyl (C=O) groups is 1. The number of amides is 1. The number of hydrogen-bond acceptors (Lipinski definition) is 4. The van der Waals surface area contributed by atoms with E-state index in [0.717, 1.165) is 12.0 Å². The second-order valence-electron chi connectivity index (χ2n) is 7.27. The summed E-state index contributed by atoms with van der Waals surface area (Å²) < 4.78 is 11.7. The van der Waals surface area contributed by atoms with E-state index in [1.54, 1.807) is 12.1 Å². The summed E-state index contributed by atoms with van der Waals surface area (Å²) in [6, 6.07) is 22.7. The average Bonchev–Trinajstić information content (AvgIpc) is 3.16. The van der Waals surface area contributed by atoms with Crippen LogP contribution in [0.2, 0.25) is 0 Å². The van der Waals surface area contributed by atoms with Gasteiger partial charge in [-0.1, -0.05) is 43.3 Å². The molecule has 1 aromatic heterocycles. The fourth-order valence-corrected chi connectivity index (χ4v) is 3.13. The van der Waals surface area contributed by atoms with E-state index in [4.69, 9.17) is 9.15 Å². The molecule has 4 aromatic rings. The third kappa shape index (κ3) is 4.69. The Balaban J connectivity index is 1.48. The van der Waals surface area contributed by atoms with Crippen molar-refractivity contribution in [3.8, 4) is 5.75 Å². The van der Waals surface area contributed by atoms with E-state index in [-0.39, 0.29) is 12.0 Å². The maximum atomic E-state index is 12.7. The molecule has 0 saturated heterocycles. The fraction of sp³-hybridized carbons (Fsp3) is 0.200. The zero-order valence-corrected chi connectivity index (χ0v) is 17.1. The number of ether oxygens (including phenoxy) is 1. The van der Waals surface area contributed by atoms with Gasteiger partial charge in [0.15, 0.2) is 11.5 Å². The highest BCUT2D eigenvalue weighted by atomic mass is 16.5. The smallest absolute Gasteiger partial charge is 0.255 e. The molecular weight excluding hydrogens is 376 g/mol. The molecule has 1 heterocycles. The van der Waals surface area contributed by atoms with E-state index < -0.39 is 0 Å². The molecule has 0 aliphatic carbocycles. The van der Waals surface area contributed by atoms with Gasteiger partial charge in [0.25, 0.3) is 5.91 Å². The Bertz CT molecular complexity index is 1150. The highest BCUT2D eigenvalue weighted by molar-refractivity contribution is 6.05. The number of oxazole rings is 1. The molecule has 152 valence electrons. The van der Waals surface area contributed by atoms with Crippen molar-refractivity contribution < 1.29 is 13.9 Å². The molecule has 5 heteroatoms. The van der Waals surface area contributed by atoms with Crippen LogP contribution in [0.5, 0.6) is 5.75 Å². The number of nitrogens with one attached hydrogen (secondary N) is 1. The minimum atomic E-state index is -0.197. The van der Waals surface area contributed by atoms with Gasteiger partial charge in [-0.2, -0.15) is 0 Å². The zero-order valence-electron chi connectivity index (χ0n) is 17.1. The summed E-state index contributed by atoms with van der Waals surface area (Å²) in [4.78, 5) is 17.3. The van der Waals surface area contributed by atoms with Crippen LogP contribution in [0.1, 0.15) is 42.1 Å². The lowest BCUT2D eigenvalue weighted by Crippen LogP contribution is -2.13. The van der Waals surface area contributed by atoms with Crippen LogP contribution in [0.3, 0.4) is 0 Å². The first-order valence-electron chi connectivity index (χ1n) is 10.1. The summed E-state index contributed by atoms with van der Waals surface area (Å²) in [5, 5.41) is 2.93. The summed E-state index contributed by atoms with van der Waals surface area (Å²) in [5.41, 5.74) is 3.76.